The van der Waals surface area contributed by atoms with E-state index >= 15 is 0 Å². The van der Waals surface area contributed by atoms with Gasteiger partial charge in [-0.25, -0.2) is 14.2 Å². The average molecular weight is 467 g/mol. The van der Waals surface area contributed by atoms with E-state index < -0.39 is 0 Å². The fraction of sp³-hybridized carbons (Fsp3) is 0.423. The van der Waals surface area contributed by atoms with E-state index in [1.807, 2.05) is 30.9 Å². The Morgan fingerprint density at radius 2 is 1.82 bits per heavy atom. The van der Waals surface area contributed by atoms with Gasteiger partial charge in [0.1, 0.15) is 5.82 Å². The highest BCUT2D eigenvalue weighted by molar-refractivity contribution is 6.03. The van der Waals surface area contributed by atoms with Gasteiger partial charge in [-0.3, -0.25) is 9.69 Å². The average Bonchev–Trinajstić information content (AvgIpc) is 3.25. The monoisotopic (exact) mass is 466 g/mol. The highest BCUT2D eigenvalue weighted by Crippen LogP contribution is 2.35. The van der Waals surface area contributed by atoms with Gasteiger partial charge in [0.15, 0.2) is 0 Å². The van der Waals surface area contributed by atoms with Crippen molar-refractivity contribution in [1.82, 2.24) is 14.8 Å². The number of rotatable bonds is 5. The molecule has 2 aromatic carbocycles. The SMILES string of the molecule is CCOC(=O)N1CCN(CC(=O)N2N=C(c3ccccc3F)C[C@@H]2c2ccc(C)cc2C)CC1. The number of hydrogen-bond acceptors (Lipinski definition) is 5. The lowest BCUT2D eigenvalue weighted by atomic mass is 9.94. The van der Waals surface area contributed by atoms with E-state index in [1.54, 1.807) is 30.0 Å². The second kappa shape index (κ2) is 10.3. The molecule has 1 saturated heterocycles. The van der Waals surface area contributed by atoms with Crippen LogP contribution >= 0.6 is 0 Å². The first-order valence-electron chi connectivity index (χ1n) is 11.7. The minimum Gasteiger partial charge on any atom is -0.450 e. The fourth-order valence-electron chi connectivity index (χ4n) is 4.61. The number of amides is 2. The van der Waals surface area contributed by atoms with E-state index in [4.69, 9.17) is 4.74 Å². The summed E-state index contributed by atoms with van der Waals surface area (Å²) in [5, 5.41) is 6.15. The number of halogens is 1. The normalized spacial score (nSPS) is 18.7. The molecule has 1 fully saturated rings. The summed E-state index contributed by atoms with van der Waals surface area (Å²) in [7, 11) is 0. The van der Waals surface area contributed by atoms with Gasteiger partial charge >= 0.3 is 6.09 Å². The molecule has 0 spiro atoms. The molecule has 4 rings (SSSR count). The van der Waals surface area contributed by atoms with Crippen molar-refractivity contribution < 1.29 is 18.7 Å². The van der Waals surface area contributed by atoms with E-state index in [1.165, 1.54) is 11.1 Å². The molecular weight excluding hydrogens is 435 g/mol. The molecule has 0 radical (unpaired) electrons. The van der Waals surface area contributed by atoms with Gasteiger partial charge in [-0.2, -0.15) is 5.10 Å². The number of ether oxygens (including phenoxy) is 1. The van der Waals surface area contributed by atoms with Crippen molar-refractivity contribution in [2.75, 3.05) is 39.3 Å². The molecule has 1 atom stereocenters. The summed E-state index contributed by atoms with van der Waals surface area (Å²) >= 11 is 0. The molecule has 180 valence electrons. The predicted molar refractivity (Wildman–Crippen MR) is 128 cm³/mol. The Bertz CT molecular complexity index is 1100. The van der Waals surface area contributed by atoms with Crippen LogP contribution < -0.4 is 0 Å². The number of hydrazone groups is 1. The Hall–Kier alpha value is -3.26. The van der Waals surface area contributed by atoms with E-state index in [2.05, 4.69) is 11.2 Å². The summed E-state index contributed by atoms with van der Waals surface area (Å²) in [6, 6.07) is 12.4. The first-order valence-corrected chi connectivity index (χ1v) is 11.7. The number of nitrogens with zero attached hydrogens (tertiary/aromatic N) is 4. The number of aryl methyl sites for hydroxylation is 2. The summed E-state index contributed by atoms with van der Waals surface area (Å²) in [6.07, 6.45) is 0.134. The molecule has 0 N–H and O–H groups in total. The Kier molecular flexibility index (Phi) is 7.26. The van der Waals surface area contributed by atoms with Crippen molar-refractivity contribution in [2.45, 2.75) is 33.2 Å². The van der Waals surface area contributed by atoms with E-state index in [9.17, 15) is 14.0 Å². The van der Waals surface area contributed by atoms with Gasteiger partial charge in [0, 0.05) is 38.2 Å². The number of benzene rings is 2. The zero-order valence-corrected chi connectivity index (χ0v) is 20.0. The van der Waals surface area contributed by atoms with Crippen molar-refractivity contribution >= 4 is 17.7 Å². The quantitative estimate of drug-likeness (QED) is 0.671. The van der Waals surface area contributed by atoms with Gasteiger partial charge in [-0.1, -0.05) is 42.0 Å². The van der Waals surface area contributed by atoms with Crippen molar-refractivity contribution in [2.24, 2.45) is 5.10 Å². The topological polar surface area (TPSA) is 65.5 Å². The van der Waals surface area contributed by atoms with Crippen LogP contribution in [0.25, 0.3) is 0 Å². The minimum atomic E-state index is -0.343. The minimum absolute atomic E-state index is 0.138. The summed E-state index contributed by atoms with van der Waals surface area (Å²) in [5.41, 5.74) is 4.24. The van der Waals surface area contributed by atoms with Crippen LogP contribution in [0.5, 0.6) is 0 Å². The Labute approximate surface area is 199 Å². The first kappa shape index (κ1) is 23.9. The molecule has 2 aliphatic heterocycles. The molecule has 8 heteroatoms. The third-order valence-electron chi connectivity index (χ3n) is 6.39. The highest BCUT2D eigenvalue weighted by atomic mass is 19.1. The van der Waals surface area contributed by atoms with Gasteiger partial charge in [0.2, 0.25) is 0 Å². The van der Waals surface area contributed by atoms with E-state index in [-0.39, 0.29) is 30.4 Å². The first-order chi connectivity index (χ1) is 16.4. The lowest BCUT2D eigenvalue weighted by Gasteiger charge is -2.34. The van der Waals surface area contributed by atoms with Crippen molar-refractivity contribution in [1.29, 1.82) is 0 Å². The van der Waals surface area contributed by atoms with Crippen molar-refractivity contribution in [3.8, 4) is 0 Å². The third-order valence-corrected chi connectivity index (χ3v) is 6.39. The van der Waals surface area contributed by atoms with Gasteiger partial charge in [-0.05, 0) is 38.0 Å². The molecule has 0 bridgehead atoms. The molecule has 2 amide bonds. The molecule has 0 saturated carbocycles. The number of piperazine rings is 1. The van der Waals surface area contributed by atoms with Gasteiger partial charge in [0.05, 0.1) is 24.9 Å². The van der Waals surface area contributed by atoms with E-state index in [0.717, 1.165) is 16.7 Å². The Morgan fingerprint density at radius 3 is 2.50 bits per heavy atom. The van der Waals surface area contributed by atoms with E-state index in [0.29, 0.717) is 50.5 Å². The third kappa shape index (κ3) is 5.12. The molecule has 2 heterocycles. The number of carbonyl (C=O) groups excluding carboxylic acids is 2. The number of carbonyl (C=O) groups is 2. The van der Waals surface area contributed by atoms with Crippen LogP contribution in [-0.4, -0.2) is 71.9 Å². The molecular formula is C26H31FN4O3. The van der Waals surface area contributed by atoms with Crippen LogP contribution in [0.3, 0.4) is 0 Å². The lowest BCUT2D eigenvalue weighted by Crippen LogP contribution is -2.51. The Morgan fingerprint density at radius 1 is 1.09 bits per heavy atom. The molecule has 0 aromatic heterocycles. The molecule has 7 nitrogen and oxygen atoms in total. The van der Waals surface area contributed by atoms with Gasteiger partial charge in [0.25, 0.3) is 5.91 Å². The van der Waals surface area contributed by atoms with Crippen LogP contribution in [0.1, 0.15) is 41.6 Å². The fourth-order valence-corrected chi connectivity index (χ4v) is 4.61. The zero-order chi connectivity index (χ0) is 24.2. The standard InChI is InChI=1S/C26H31FN4O3/c1-4-34-26(33)30-13-11-29(12-14-30)17-25(32)31-24(20-10-9-18(2)15-19(20)3)16-23(28-31)21-7-5-6-8-22(21)27/h5-10,15,24H,4,11-14,16-17H2,1-3H3/t24-/m1/s1. The summed E-state index contributed by atoms with van der Waals surface area (Å²) < 4.78 is 19.6. The lowest BCUT2D eigenvalue weighted by molar-refractivity contribution is -0.134. The summed E-state index contributed by atoms with van der Waals surface area (Å²) in [5.74, 6) is -0.481. The number of hydrogen-bond donors (Lipinski definition) is 0. The smallest absolute Gasteiger partial charge is 0.409 e. The van der Waals surface area contributed by atoms with Crippen LogP contribution in [0.15, 0.2) is 47.6 Å². The van der Waals surface area contributed by atoms with Crippen LogP contribution in [0, 0.1) is 19.7 Å². The molecule has 34 heavy (non-hydrogen) atoms. The summed E-state index contributed by atoms with van der Waals surface area (Å²) in [4.78, 5) is 29.1. The largest absolute Gasteiger partial charge is 0.450 e. The van der Waals surface area contributed by atoms with Crippen molar-refractivity contribution in [3.05, 3.63) is 70.5 Å². The summed E-state index contributed by atoms with van der Waals surface area (Å²) in [6.45, 7) is 8.55. The highest BCUT2D eigenvalue weighted by Gasteiger charge is 2.35. The van der Waals surface area contributed by atoms with Crippen LogP contribution in [0.4, 0.5) is 9.18 Å². The van der Waals surface area contributed by atoms with Gasteiger partial charge < -0.3 is 9.64 Å². The van der Waals surface area contributed by atoms with Gasteiger partial charge in [-0.15, -0.1) is 0 Å². The predicted octanol–water partition coefficient (Wildman–Crippen LogP) is 3.89. The Balaban J connectivity index is 1.53. The maximum absolute atomic E-state index is 14.5. The van der Waals surface area contributed by atoms with Crippen LogP contribution in [0.2, 0.25) is 0 Å². The maximum atomic E-state index is 14.5. The maximum Gasteiger partial charge on any atom is 0.409 e. The van der Waals surface area contributed by atoms with Crippen LogP contribution in [-0.2, 0) is 9.53 Å². The second-order valence-corrected chi connectivity index (χ2v) is 8.81. The molecule has 0 aliphatic carbocycles. The molecule has 0 unspecified atom stereocenters. The van der Waals surface area contributed by atoms with Crippen molar-refractivity contribution in [3.63, 3.8) is 0 Å². The molecule has 2 aromatic rings. The zero-order valence-electron chi connectivity index (χ0n) is 20.0. The second-order valence-electron chi connectivity index (χ2n) is 8.81. The molecule has 2 aliphatic rings.